The van der Waals surface area contributed by atoms with Crippen molar-refractivity contribution in [3.8, 4) is 0 Å². The van der Waals surface area contributed by atoms with Crippen LogP contribution in [0.25, 0.3) is 0 Å². The van der Waals surface area contributed by atoms with Gasteiger partial charge in [0.15, 0.2) is 0 Å². The molecule has 0 spiro atoms. The van der Waals surface area contributed by atoms with Gasteiger partial charge in [0.25, 0.3) is 0 Å². The number of nitrogens with zero attached hydrogens (tertiary/aromatic N) is 3. The van der Waals surface area contributed by atoms with Gasteiger partial charge >= 0.3 is 0 Å². The lowest BCUT2D eigenvalue weighted by Crippen LogP contribution is -2.26. The number of hydrogen-bond donors (Lipinski definition) is 1. The summed E-state index contributed by atoms with van der Waals surface area (Å²) in [6.07, 6.45) is 6.98. The lowest BCUT2D eigenvalue weighted by Gasteiger charge is -2.10. The maximum atomic E-state index is 4.17. The molecule has 1 N–H and O–H groups in total. The van der Waals surface area contributed by atoms with Crippen LogP contribution in [0.1, 0.15) is 31.5 Å². The molecule has 0 unspecified atom stereocenters. The Kier molecular flexibility index (Phi) is 2.59. The maximum Gasteiger partial charge on any atom is 0.140 e. The van der Waals surface area contributed by atoms with Crippen molar-refractivity contribution in [2.45, 2.75) is 38.3 Å². The molecule has 4 heteroatoms. The molecule has 0 atom stereocenters. The van der Waals surface area contributed by atoms with Gasteiger partial charge in [-0.2, -0.15) is 5.10 Å². The van der Waals surface area contributed by atoms with Crippen LogP contribution in [-0.2, 0) is 13.6 Å². The second-order valence-electron chi connectivity index (χ2n) is 3.66. The fourth-order valence-corrected chi connectivity index (χ4v) is 1.85. The molecule has 72 valence electrons. The summed E-state index contributed by atoms with van der Waals surface area (Å²) in [5, 5.41) is 7.53. The second kappa shape index (κ2) is 3.87. The van der Waals surface area contributed by atoms with Crippen molar-refractivity contribution < 1.29 is 0 Å². The van der Waals surface area contributed by atoms with E-state index in [1.807, 2.05) is 11.7 Å². The topological polar surface area (TPSA) is 42.7 Å². The molecule has 4 nitrogen and oxygen atoms in total. The highest BCUT2D eigenvalue weighted by Gasteiger charge is 2.14. The molecule has 1 aliphatic rings. The smallest absolute Gasteiger partial charge is 0.140 e. The molecule has 1 saturated carbocycles. The van der Waals surface area contributed by atoms with Gasteiger partial charge in [-0.1, -0.05) is 12.8 Å². The highest BCUT2D eigenvalue weighted by atomic mass is 15.3. The molecule has 13 heavy (non-hydrogen) atoms. The van der Waals surface area contributed by atoms with E-state index in [0.29, 0.717) is 6.04 Å². The van der Waals surface area contributed by atoms with Crippen LogP contribution in [0.5, 0.6) is 0 Å². The average molecular weight is 180 g/mol. The van der Waals surface area contributed by atoms with Crippen LogP contribution in [0.4, 0.5) is 0 Å². The van der Waals surface area contributed by atoms with Crippen molar-refractivity contribution in [3.63, 3.8) is 0 Å². The summed E-state index contributed by atoms with van der Waals surface area (Å²) >= 11 is 0. The van der Waals surface area contributed by atoms with Crippen molar-refractivity contribution in [2.24, 2.45) is 7.05 Å². The summed E-state index contributed by atoms with van der Waals surface area (Å²) in [6, 6.07) is 0.705. The molecule has 1 fully saturated rings. The zero-order valence-electron chi connectivity index (χ0n) is 8.03. The van der Waals surface area contributed by atoms with Gasteiger partial charge in [0, 0.05) is 13.1 Å². The van der Waals surface area contributed by atoms with Crippen LogP contribution in [0.2, 0.25) is 0 Å². The summed E-state index contributed by atoms with van der Waals surface area (Å²) < 4.78 is 1.82. The third kappa shape index (κ3) is 2.06. The molecule has 0 aliphatic heterocycles. The number of nitrogens with one attached hydrogen (secondary N) is 1. The lowest BCUT2D eigenvalue weighted by molar-refractivity contribution is 0.502. The third-order valence-electron chi connectivity index (χ3n) is 2.71. The Bertz CT molecular complexity index is 262. The van der Waals surface area contributed by atoms with Crippen molar-refractivity contribution in [3.05, 3.63) is 12.2 Å². The molecular weight excluding hydrogens is 164 g/mol. The van der Waals surface area contributed by atoms with Crippen LogP contribution in [0.3, 0.4) is 0 Å². The zero-order chi connectivity index (χ0) is 9.10. The van der Waals surface area contributed by atoms with Gasteiger partial charge < -0.3 is 5.32 Å². The monoisotopic (exact) mass is 180 g/mol. The summed E-state index contributed by atoms with van der Waals surface area (Å²) in [5.74, 6) is 1.02. The predicted molar refractivity (Wildman–Crippen MR) is 50.1 cm³/mol. The normalized spacial score (nSPS) is 18.2. The second-order valence-corrected chi connectivity index (χ2v) is 3.66. The summed E-state index contributed by atoms with van der Waals surface area (Å²) in [4.78, 5) is 4.17. The Morgan fingerprint density at radius 2 is 2.31 bits per heavy atom. The molecule has 0 amide bonds. The summed E-state index contributed by atoms with van der Waals surface area (Å²) in [5.41, 5.74) is 0. The first-order valence-electron chi connectivity index (χ1n) is 4.92. The first kappa shape index (κ1) is 8.69. The zero-order valence-corrected chi connectivity index (χ0v) is 8.03. The van der Waals surface area contributed by atoms with Gasteiger partial charge in [0.2, 0.25) is 0 Å². The Labute approximate surface area is 78.4 Å². The minimum absolute atomic E-state index is 0.705. The van der Waals surface area contributed by atoms with E-state index >= 15 is 0 Å². The van der Waals surface area contributed by atoms with Gasteiger partial charge in [-0.15, -0.1) is 0 Å². The van der Waals surface area contributed by atoms with E-state index in [4.69, 9.17) is 0 Å². The lowest BCUT2D eigenvalue weighted by atomic mass is 10.2. The number of hydrogen-bond acceptors (Lipinski definition) is 3. The van der Waals surface area contributed by atoms with Gasteiger partial charge in [-0.05, 0) is 12.8 Å². The van der Waals surface area contributed by atoms with Gasteiger partial charge in [-0.3, -0.25) is 4.68 Å². The molecule has 1 heterocycles. The van der Waals surface area contributed by atoms with Crippen molar-refractivity contribution in [1.82, 2.24) is 20.1 Å². The molecule has 1 aliphatic carbocycles. The van der Waals surface area contributed by atoms with Crippen LogP contribution in [0.15, 0.2) is 6.33 Å². The van der Waals surface area contributed by atoms with E-state index in [1.54, 1.807) is 6.33 Å². The summed E-state index contributed by atoms with van der Waals surface area (Å²) in [7, 11) is 1.93. The molecule has 1 aromatic rings. The SMILES string of the molecule is Cn1ncnc1CNC1CCCC1. The fourth-order valence-electron chi connectivity index (χ4n) is 1.85. The highest BCUT2D eigenvalue weighted by Crippen LogP contribution is 2.17. The molecular formula is C9H16N4. The molecule has 0 radical (unpaired) electrons. The average Bonchev–Trinajstić information content (AvgIpc) is 2.72. The minimum atomic E-state index is 0.705. The third-order valence-corrected chi connectivity index (χ3v) is 2.71. The van der Waals surface area contributed by atoms with Gasteiger partial charge in [-0.25, -0.2) is 4.98 Å². The van der Waals surface area contributed by atoms with E-state index in [9.17, 15) is 0 Å². The van der Waals surface area contributed by atoms with Crippen molar-refractivity contribution in [2.75, 3.05) is 0 Å². The Hall–Kier alpha value is -0.900. The Morgan fingerprint density at radius 1 is 1.54 bits per heavy atom. The van der Waals surface area contributed by atoms with E-state index in [-0.39, 0.29) is 0 Å². The first-order chi connectivity index (χ1) is 6.36. The number of aromatic nitrogens is 3. The molecule has 0 saturated heterocycles. The molecule has 0 aromatic carbocycles. The highest BCUT2D eigenvalue weighted by molar-refractivity contribution is 4.84. The van der Waals surface area contributed by atoms with Gasteiger partial charge in [0.05, 0.1) is 6.54 Å². The van der Waals surface area contributed by atoms with Gasteiger partial charge in [0.1, 0.15) is 12.2 Å². The molecule has 2 rings (SSSR count). The Balaban J connectivity index is 1.82. The molecule has 1 aromatic heterocycles. The fraction of sp³-hybridized carbons (Fsp3) is 0.778. The van der Waals surface area contributed by atoms with E-state index < -0.39 is 0 Å². The van der Waals surface area contributed by atoms with Crippen LogP contribution in [-0.4, -0.2) is 20.8 Å². The van der Waals surface area contributed by atoms with E-state index in [0.717, 1.165) is 12.4 Å². The van der Waals surface area contributed by atoms with Crippen molar-refractivity contribution in [1.29, 1.82) is 0 Å². The molecule has 0 bridgehead atoms. The largest absolute Gasteiger partial charge is 0.307 e. The standard InChI is InChI=1S/C9H16N4/c1-13-9(11-7-12-13)6-10-8-4-2-3-5-8/h7-8,10H,2-6H2,1H3. The van der Waals surface area contributed by atoms with E-state index in [2.05, 4.69) is 15.4 Å². The predicted octanol–water partition coefficient (Wildman–Crippen LogP) is 0.847. The van der Waals surface area contributed by atoms with E-state index in [1.165, 1.54) is 25.7 Å². The van der Waals surface area contributed by atoms with Crippen molar-refractivity contribution >= 4 is 0 Å². The first-order valence-corrected chi connectivity index (χ1v) is 4.92. The maximum absolute atomic E-state index is 4.17. The minimum Gasteiger partial charge on any atom is -0.307 e. The quantitative estimate of drug-likeness (QED) is 0.749. The van der Waals surface area contributed by atoms with Crippen LogP contribution in [0, 0.1) is 0 Å². The summed E-state index contributed by atoms with van der Waals surface area (Å²) in [6.45, 7) is 0.848. The van der Waals surface area contributed by atoms with Crippen LogP contribution >= 0.6 is 0 Å². The Morgan fingerprint density at radius 3 is 2.92 bits per heavy atom. The van der Waals surface area contributed by atoms with Crippen LogP contribution < -0.4 is 5.32 Å². The number of aryl methyl sites for hydroxylation is 1. The number of rotatable bonds is 3.